The summed E-state index contributed by atoms with van der Waals surface area (Å²) in [4.78, 5) is 26.6. The number of rotatable bonds is 8. The molecule has 3 heterocycles. The van der Waals surface area contributed by atoms with Crippen LogP contribution in [0.15, 0.2) is 24.3 Å². The second kappa shape index (κ2) is 10.7. The highest BCUT2D eigenvalue weighted by Gasteiger charge is 2.44. The number of nitrogens with zero attached hydrogens (tertiary/aromatic N) is 4. The molecule has 3 N–H and O–H groups in total. The number of benzene rings is 1. The smallest absolute Gasteiger partial charge is 0.258 e. The summed E-state index contributed by atoms with van der Waals surface area (Å²) >= 11 is 1.44. The molecule has 1 aromatic carbocycles. The van der Waals surface area contributed by atoms with Gasteiger partial charge >= 0.3 is 0 Å². The number of aliphatic hydroxyl groups is 1. The van der Waals surface area contributed by atoms with Crippen LogP contribution in [-0.4, -0.2) is 64.4 Å². The number of hydrogen-bond donors (Lipinski definition) is 3. The number of alkyl halides is 2. The fourth-order valence-corrected chi connectivity index (χ4v) is 5.74. The third kappa shape index (κ3) is 6.74. The average molecular weight is 561 g/mol. The zero-order valence-corrected chi connectivity index (χ0v) is 23.7. The molecular formula is C28H38F2N6O2S. The minimum atomic E-state index is -2.66. The Hall–Kier alpha value is -2.66. The normalized spacial score (nSPS) is 20.2. The minimum absolute atomic E-state index is 0.0341. The Morgan fingerprint density at radius 2 is 1.69 bits per heavy atom. The highest BCUT2D eigenvalue weighted by atomic mass is 32.2. The average Bonchev–Trinajstić information content (AvgIpc) is 3.66. The van der Waals surface area contributed by atoms with Crippen LogP contribution in [0.3, 0.4) is 0 Å². The van der Waals surface area contributed by atoms with E-state index >= 15 is 0 Å². The van der Waals surface area contributed by atoms with Crippen molar-refractivity contribution in [2.24, 2.45) is 5.41 Å². The van der Waals surface area contributed by atoms with Crippen LogP contribution in [0.1, 0.15) is 68.4 Å². The van der Waals surface area contributed by atoms with Crippen LogP contribution < -0.4 is 19.8 Å². The van der Waals surface area contributed by atoms with E-state index in [4.69, 9.17) is 0 Å². The number of carbonyl (C=O) groups is 1. The standard InChI is InChI=1S/C28H38F2N6O2S/c1-19-16-23(33-25(31-19)36-14-10-28(29,30)11-15-36)32-24(38)21-5-4-20(34-39-26(2,3)18-37)17-22(21)35-12-8-27(6-7-27)9-13-35/h4-5,16-17,34,37H,6-15,18H2,1-3H3,(H,31,32,33,38). The molecule has 8 nitrogen and oxygen atoms in total. The van der Waals surface area contributed by atoms with Gasteiger partial charge < -0.3 is 24.9 Å². The van der Waals surface area contributed by atoms with E-state index in [2.05, 4.69) is 24.9 Å². The number of aromatic nitrogens is 2. The van der Waals surface area contributed by atoms with Crippen molar-refractivity contribution in [2.45, 2.75) is 70.0 Å². The molecule has 5 rings (SSSR count). The van der Waals surface area contributed by atoms with Gasteiger partial charge in [-0.05, 0) is 82.0 Å². The summed E-state index contributed by atoms with van der Waals surface area (Å²) in [5.41, 5.74) is 3.43. The molecule has 39 heavy (non-hydrogen) atoms. The summed E-state index contributed by atoms with van der Waals surface area (Å²) in [6.07, 6.45) is 4.38. The molecule has 1 amide bonds. The first-order valence-electron chi connectivity index (χ1n) is 13.7. The predicted octanol–water partition coefficient (Wildman–Crippen LogP) is 5.48. The monoisotopic (exact) mass is 560 g/mol. The third-order valence-corrected chi connectivity index (χ3v) is 9.07. The quantitative estimate of drug-likeness (QED) is 0.366. The lowest BCUT2D eigenvalue weighted by atomic mass is 9.93. The van der Waals surface area contributed by atoms with E-state index < -0.39 is 5.92 Å². The molecule has 0 atom stereocenters. The summed E-state index contributed by atoms with van der Waals surface area (Å²) in [5, 5.41) is 12.6. The van der Waals surface area contributed by atoms with Crippen LogP contribution in [0.4, 0.5) is 31.9 Å². The first kappa shape index (κ1) is 27.9. The summed E-state index contributed by atoms with van der Waals surface area (Å²) in [5.74, 6) is -2.23. The van der Waals surface area contributed by atoms with E-state index in [1.807, 2.05) is 32.0 Å². The van der Waals surface area contributed by atoms with Crippen LogP contribution in [-0.2, 0) is 0 Å². The van der Waals surface area contributed by atoms with E-state index in [0.717, 1.165) is 37.3 Å². The number of piperidine rings is 2. The summed E-state index contributed by atoms with van der Waals surface area (Å²) < 4.78 is 30.3. The summed E-state index contributed by atoms with van der Waals surface area (Å²) in [7, 11) is 0. The number of anilines is 4. The van der Waals surface area contributed by atoms with Gasteiger partial charge in [0, 0.05) is 56.5 Å². The first-order valence-corrected chi connectivity index (χ1v) is 14.5. The largest absolute Gasteiger partial charge is 0.395 e. The molecular weight excluding hydrogens is 522 g/mol. The Bertz CT molecular complexity index is 1200. The highest BCUT2D eigenvalue weighted by Crippen LogP contribution is 2.54. The molecule has 1 aliphatic carbocycles. The number of aryl methyl sites for hydroxylation is 1. The summed E-state index contributed by atoms with van der Waals surface area (Å²) in [6, 6.07) is 7.39. The first-order chi connectivity index (χ1) is 18.5. The Kier molecular flexibility index (Phi) is 7.67. The summed E-state index contributed by atoms with van der Waals surface area (Å²) in [6.45, 7) is 7.89. The second-order valence-corrected chi connectivity index (χ2v) is 13.3. The van der Waals surface area contributed by atoms with Crippen molar-refractivity contribution in [3.8, 4) is 0 Å². The van der Waals surface area contributed by atoms with Gasteiger partial charge in [-0.2, -0.15) is 4.98 Å². The zero-order chi connectivity index (χ0) is 27.8. The Balaban J connectivity index is 1.36. The third-order valence-electron chi connectivity index (χ3n) is 8.05. The minimum Gasteiger partial charge on any atom is -0.395 e. The molecule has 2 aliphatic heterocycles. The highest BCUT2D eigenvalue weighted by molar-refractivity contribution is 8.01. The lowest BCUT2D eigenvalue weighted by Crippen LogP contribution is -2.40. The fraction of sp³-hybridized carbons (Fsp3) is 0.607. The maximum absolute atomic E-state index is 13.7. The van der Waals surface area contributed by atoms with Crippen LogP contribution in [0.2, 0.25) is 0 Å². The Morgan fingerprint density at radius 1 is 1.03 bits per heavy atom. The lowest BCUT2D eigenvalue weighted by molar-refractivity contribution is -0.0222. The van der Waals surface area contributed by atoms with Crippen molar-refractivity contribution >= 4 is 41.0 Å². The van der Waals surface area contributed by atoms with E-state index in [0.29, 0.717) is 28.4 Å². The fourth-order valence-electron chi connectivity index (χ4n) is 5.15. The van der Waals surface area contributed by atoms with E-state index in [9.17, 15) is 18.7 Å². The van der Waals surface area contributed by atoms with Gasteiger partial charge in [0.05, 0.1) is 22.6 Å². The molecule has 212 valence electrons. The number of halogens is 2. The molecule has 1 aromatic heterocycles. The van der Waals surface area contributed by atoms with Crippen molar-refractivity contribution in [3.63, 3.8) is 0 Å². The van der Waals surface area contributed by atoms with Gasteiger partial charge in [-0.1, -0.05) is 0 Å². The van der Waals surface area contributed by atoms with Crippen LogP contribution in [0, 0.1) is 12.3 Å². The lowest BCUT2D eigenvalue weighted by Gasteiger charge is -2.35. The van der Waals surface area contributed by atoms with Crippen molar-refractivity contribution in [2.75, 3.05) is 52.6 Å². The molecule has 0 unspecified atom stereocenters. The predicted molar refractivity (Wildman–Crippen MR) is 153 cm³/mol. The van der Waals surface area contributed by atoms with Gasteiger partial charge in [-0.15, -0.1) is 0 Å². The number of aliphatic hydroxyl groups excluding tert-OH is 1. The van der Waals surface area contributed by atoms with Gasteiger partial charge in [0.25, 0.3) is 11.8 Å². The molecule has 1 spiro atoms. The van der Waals surface area contributed by atoms with Crippen molar-refractivity contribution in [3.05, 3.63) is 35.5 Å². The Labute approximate surface area is 233 Å². The van der Waals surface area contributed by atoms with Gasteiger partial charge in [-0.25, -0.2) is 13.8 Å². The maximum atomic E-state index is 13.7. The van der Waals surface area contributed by atoms with Crippen LogP contribution in [0.25, 0.3) is 0 Å². The molecule has 1 saturated carbocycles. The molecule has 2 aromatic rings. The molecule has 0 radical (unpaired) electrons. The second-order valence-electron chi connectivity index (χ2n) is 11.8. The Morgan fingerprint density at radius 3 is 2.33 bits per heavy atom. The number of carbonyl (C=O) groups excluding carboxylic acids is 1. The van der Waals surface area contributed by atoms with Crippen LogP contribution in [0.5, 0.6) is 0 Å². The van der Waals surface area contributed by atoms with Crippen molar-refractivity contribution in [1.29, 1.82) is 0 Å². The SMILES string of the molecule is Cc1cc(NC(=O)c2ccc(NSC(C)(C)CO)cc2N2CCC3(CC2)CC3)nc(N2CCC(F)(F)CC2)n1. The number of nitrogens with one attached hydrogen (secondary N) is 2. The van der Waals surface area contributed by atoms with E-state index in [1.165, 1.54) is 24.8 Å². The topological polar surface area (TPSA) is 93.6 Å². The van der Waals surface area contributed by atoms with Gasteiger partial charge in [0.2, 0.25) is 5.95 Å². The molecule has 11 heteroatoms. The molecule has 0 bridgehead atoms. The van der Waals surface area contributed by atoms with Crippen molar-refractivity contribution in [1.82, 2.24) is 9.97 Å². The van der Waals surface area contributed by atoms with E-state index in [-0.39, 0.29) is 43.2 Å². The number of hydrogen-bond acceptors (Lipinski definition) is 8. The van der Waals surface area contributed by atoms with Crippen molar-refractivity contribution < 1.29 is 18.7 Å². The maximum Gasteiger partial charge on any atom is 0.258 e. The number of amides is 1. The molecule has 3 aliphatic rings. The van der Waals surface area contributed by atoms with Gasteiger partial charge in [-0.3, -0.25) is 4.79 Å². The van der Waals surface area contributed by atoms with Gasteiger partial charge in [0.15, 0.2) is 0 Å². The van der Waals surface area contributed by atoms with E-state index in [1.54, 1.807) is 17.9 Å². The zero-order valence-electron chi connectivity index (χ0n) is 22.9. The van der Waals surface area contributed by atoms with Crippen LogP contribution >= 0.6 is 11.9 Å². The molecule has 3 fully saturated rings. The van der Waals surface area contributed by atoms with Gasteiger partial charge in [0.1, 0.15) is 5.82 Å². The molecule has 2 saturated heterocycles.